The van der Waals surface area contributed by atoms with Crippen molar-refractivity contribution < 1.29 is 0 Å². The summed E-state index contributed by atoms with van der Waals surface area (Å²) < 4.78 is 0. The Hall–Kier alpha value is -0.120. The lowest BCUT2D eigenvalue weighted by atomic mass is 10.1. The van der Waals surface area contributed by atoms with Crippen LogP contribution in [0.25, 0.3) is 0 Å². The number of nitrogens with zero attached hydrogens (tertiary/aromatic N) is 2. The molecule has 3 rings (SSSR count). The molecule has 0 spiro atoms. The molecule has 3 aliphatic rings. The predicted molar refractivity (Wildman–Crippen MR) is 59.6 cm³/mol. The Balaban J connectivity index is 1.97. The van der Waals surface area contributed by atoms with E-state index in [0.29, 0.717) is 6.04 Å². The Morgan fingerprint density at radius 3 is 2.93 bits per heavy atom. The van der Waals surface area contributed by atoms with Gasteiger partial charge < -0.3 is 10.2 Å². The van der Waals surface area contributed by atoms with Crippen molar-refractivity contribution >= 4 is 0 Å². The van der Waals surface area contributed by atoms with E-state index in [0.717, 1.165) is 12.6 Å². The molecule has 1 N–H and O–H groups in total. The second-order valence-electron chi connectivity index (χ2n) is 4.60. The zero-order chi connectivity index (χ0) is 9.97. The number of fused-ring (bicyclic) bond motifs is 4. The Kier molecular flexibility index (Phi) is 3.42. The summed E-state index contributed by atoms with van der Waals surface area (Å²) >= 11 is 0. The summed E-state index contributed by atoms with van der Waals surface area (Å²) in [7, 11) is 0. The molecule has 0 aromatic carbocycles. The van der Waals surface area contributed by atoms with Crippen LogP contribution in [0.5, 0.6) is 0 Å². The number of rotatable bonds is 3. The minimum atomic E-state index is 0.640. The van der Waals surface area contributed by atoms with E-state index in [4.69, 9.17) is 0 Å². The highest BCUT2D eigenvalue weighted by molar-refractivity contribution is 4.91. The highest BCUT2D eigenvalue weighted by Crippen LogP contribution is 2.17. The van der Waals surface area contributed by atoms with E-state index in [-0.39, 0.29) is 0 Å². The van der Waals surface area contributed by atoms with E-state index in [1.165, 1.54) is 39.1 Å². The average molecular weight is 197 g/mol. The maximum Gasteiger partial charge on any atom is 0.0374 e. The topological polar surface area (TPSA) is 18.5 Å². The number of likely N-dealkylation sites (N-methyl/N-ethyl adjacent to an activating group) is 1. The number of hydrogen-bond acceptors (Lipinski definition) is 3. The third-order valence-electron chi connectivity index (χ3n) is 3.64. The van der Waals surface area contributed by atoms with Crippen molar-refractivity contribution in [3.63, 3.8) is 0 Å². The Morgan fingerprint density at radius 2 is 2.14 bits per heavy atom. The standard InChI is InChI=1S/C11H23N3/c1-3-12-10(2)11-9-13-5-4-6-14(11)8-7-13/h10-12H,3-9H2,1-2H3. The van der Waals surface area contributed by atoms with Gasteiger partial charge in [0.05, 0.1) is 0 Å². The van der Waals surface area contributed by atoms with Crippen LogP contribution in [0, 0.1) is 0 Å². The molecule has 0 saturated carbocycles. The molecule has 3 saturated heterocycles. The fourth-order valence-corrected chi connectivity index (χ4v) is 2.82. The van der Waals surface area contributed by atoms with Crippen molar-refractivity contribution in [2.75, 3.05) is 39.3 Å². The van der Waals surface area contributed by atoms with E-state index < -0.39 is 0 Å². The highest BCUT2D eigenvalue weighted by atomic mass is 15.3. The highest BCUT2D eigenvalue weighted by Gasteiger charge is 2.32. The molecule has 0 aromatic rings. The van der Waals surface area contributed by atoms with Crippen LogP contribution in [-0.2, 0) is 0 Å². The SMILES string of the molecule is CCNC(C)C1CN2CCCN1CC2. The molecule has 4 atom stereocenters. The van der Waals surface area contributed by atoms with Gasteiger partial charge in [-0.25, -0.2) is 0 Å². The maximum atomic E-state index is 3.56. The minimum Gasteiger partial charge on any atom is -0.313 e. The first-order valence-corrected chi connectivity index (χ1v) is 6.01. The van der Waals surface area contributed by atoms with E-state index in [2.05, 4.69) is 29.0 Å². The van der Waals surface area contributed by atoms with Gasteiger partial charge in [0.2, 0.25) is 0 Å². The summed E-state index contributed by atoms with van der Waals surface area (Å²) in [6, 6.07) is 1.38. The van der Waals surface area contributed by atoms with Crippen LogP contribution < -0.4 is 5.32 Å². The molecule has 3 aliphatic heterocycles. The van der Waals surface area contributed by atoms with Crippen molar-refractivity contribution in [3.8, 4) is 0 Å². The zero-order valence-electron chi connectivity index (χ0n) is 9.50. The quantitative estimate of drug-likeness (QED) is 0.705. The third-order valence-corrected chi connectivity index (χ3v) is 3.64. The second kappa shape index (κ2) is 4.60. The van der Waals surface area contributed by atoms with Crippen LogP contribution in [0.15, 0.2) is 0 Å². The molecular formula is C11H23N3. The lowest BCUT2D eigenvalue weighted by molar-refractivity contribution is 0.0918. The molecule has 0 aliphatic carbocycles. The van der Waals surface area contributed by atoms with Crippen molar-refractivity contribution in [2.24, 2.45) is 0 Å². The van der Waals surface area contributed by atoms with Crippen LogP contribution in [0.4, 0.5) is 0 Å². The average Bonchev–Trinajstić information content (AvgIpc) is 2.52. The Labute approximate surface area is 87.4 Å². The van der Waals surface area contributed by atoms with Crippen LogP contribution in [0.3, 0.4) is 0 Å². The molecule has 0 radical (unpaired) electrons. The van der Waals surface area contributed by atoms with E-state index in [9.17, 15) is 0 Å². The number of nitrogens with one attached hydrogen (secondary N) is 1. The Morgan fingerprint density at radius 1 is 1.29 bits per heavy atom. The first kappa shape index (κ1) is 10.4. The summed E-state index contributed by atoms with van der Waals surface area (Å²) in [5, 5.41) is 3.56. The molecule has 0 amide bonds. The lowest BCUT2D eigenvalue weighted by Crippen LogP contribution is -2.57. The van der Waals surface area contributed by atoms with Gasteiger partial charge >= 0.3 is 0 Å². The van der Waals surface area contributed by atoms with Gasteiger partial charge in [-0.05, 0) is 33.0 Å². The van der Waals surface area contributed by atoms with Crippen LogP contribution in [0.2, 0.25) is 0 Å². The molecule has 82 valence electrons. The monoisotopic (exact) mass is 197 g/mol. The van der Waals surface area contributed by atoms with Gasteiger partial charge in [-0.1, -0.05) is 6.92 Å². The minimum absolute atomic E-state index is 0.640. The van der Waals surface area contributed by atoms with Gasteiger partial charge in [-0.15, -0.1) is 0 Å². The maximum absolute atomic E-state index is 3.56. The molecule has 2 bridgehead atoms. The first-order chi connectivity index (χ1) is 6.81. The van der Waals surface area contributed by atoms with Crippen molar-refractivity contribution in [1.29, 1.82) is 0 Å². The van der Waals surface area contributed by atoms with Gasteiger partial charge in [0.15, 0.2) is 0 Å². The summed E-state index contributed by atoms with van der Waals surface area (Å²) in [6.45, 7) is 12.1. The fraction of sp³-hybridized carbons (Fsp3) is 1.00. The second-order valence-corrected chi connectivity index (χ2v) is 4.60. The lowest BCUT2D eigenvalue weighted by Gasteiger charge is -2.41. The molecular weight excluding hydrogens is 174 g/mol. The van der Waals surface area contributed by atoms with Gasteiger partial charge in [-0.3, -0.25) is 4.90 Å². The van der Waals surface area contributed by atoms with E-state index >= 15 is 0 Å². The zero-order valence-corrected chi connectivity index (χ0v) is 9.50. The van der Waals surface area contributed by atoms with Crippen molar-refractivity contribution in [3.05, 3.63) is 0 Å². The number of piperazine rings is 1. The van der Waals surface area contributed by atoms with E-state index in [1.807, 2.05) is 0 Å². The van der Waals surface area contributed by atoms with Gasteiger partial charge in [0.25, 0.3) is 0 Å². The van der Waals surface area contributed by atoms with Gasteiger partial charge in [0, 0.05) is 31.7 Å². The molecule has 14 heavy (non-hydrogen) atoms. The smallest absolute Gasteiger partial charge is 0.0374 e. The summed E-state index contributed by atoms with van der Waals surface area (Å²) in [6.07, 6.45) is 1.36. The van der Waals surface area contributed by atoms with Crippen LogP contribution >= 0.6 is 0 Å². The van der Waals surface area contributed by atoms with Gasteiger partial charge in [-0.2, -0.15) is 0 Å². The molecule has 4 unspecified atom stereocenters. The normalized spacial score (nSPS) is 39.4. The van der Waals surface area contributed by atoms with Crippen molar-refractivity contribution in [2.45, 2.75) is 32.4 Å². The first-order valence-electron chi connectivity index (χ1n) is 6.01. The van der Waals surface area contributed by atoms with Crippen LogP contribution in [-0.4, -0.2) is 61.2 Å². The third kappa shape index (κ3) is 2.10. The molecule has 0 aromatic heterocycles. The molecule has 3 heterocycles. The summed E-state index contributed by atoms with van der Waals surface area (Å²) in [5.74, 6) is 0. The van der Waals surface area contributed by atoms with Crippen LogP contribution in [0.1, 0.15) is 20.3 Å². The fourth-order valence-electron chi connectivity index (χ4n) is 2.82. The molecule has 3 heteroatoms. The summed E-state index contributed by atoms with van der Waals surface area (Å²) in [5.41, 5.74) is 0. The summed E-state index contributed by atoms with van der Waals surface area (Å²) in [4.78, 5) is 5.30. The van der Waals surface area contributed by atoms with Gasteiger partial charge in [0.1, 0.15) is 0 Å². The molecule has 3 nitrogen and oxygen atoms in total. The predicted octanol–water partition coefficient (Wildman–Crippen LogP) is 0.374. The van der Waals surface area contributed by atoms with Crippen molar-refractivity contribution in [1.82, 2.24) is 15.1 Å². The Bertz CT molecular complexity index is 179. The number of hydrogen-bond donors (Lipinski definition) is 1. The largest absolute Gasteiger partial charge is 0.313 e. The molecule has 3 fully saturated rings. The van der Waals surface area contributed by atoms with E-state index in [1.54, 1.807) is 0 Å².